The number of amides is 1. The first-order valence-corrected chi connectivity index (χ1v) is 9.82. The molecule has 2 fully saturated rings. The lowest BCUT2D eigenvalue weighted by atomic mass is 9.92. The van der Waals surface area contributed by atoms with Crippen molar-refractivity contribution >= 4 is 11.9 Å². The minimum Gasteiger partial charge on any atom is -0.368 e. The van der Waals surface area contributed by atoms with Crippen LogP contribution < -0.4 is 5.73 Å². The molecule has 2 aromatic rings. The molecule has 1 aromatic carbocycles. The first-order chi connectivity index (χ1) is 13.1. The molecule has 1 saturated heterocycles. The van der Waals surface area contributed by atoms with Gasteiger partial charge in [0.25, 0.3) is 0 Å². The molecule has 27 heavy (non-hydrogen) atoms. The number of likely N-dealkylation sites (tertiary alicyclic amines) is 1. The number of hydrogen-bond acceptors (Lipinski definition) is 4. The third kappa shape index (κ3) is 3.66. The third-order valence-electron chi connectivity index (χ3n) is 5.80. The number of benzene rings is 1. The molecule has 142 valence electrons. The van der Waals surface area contributed by atoms with Crippen molar-refractivity contribution in [3.05, 3.63) is 42.0 Å². The summed E-state index contributed by atoms with van der Waals surface area (Å²) < 4.78 is 13.4. The van der Waals surface area contributed by atoms with E-state index < -0.39 is 0 Å². The molecule has 1 aromatic heterocycles. The molecule has 2 heterocycles. The Bertz CT molecular complexity index is 817. The minimum atomic E-state index is -0.285. The summed E-state index contributed by atoms with van der Waals surface area (Å²) in [5, 5.41) is 0. The molecule has 1 amide bonds. The van der Waals surface area contributed by atoms with Crippen molar-refractivity contribution in [2.45, 2.75) is 51.0 Å². The van der Waals surface area contributed by atoms with Crippen molar-refractivity contribution in [3.8, 4) is 11.1 Å². The van der Waals surface area contributed by atoms with Crippen molar-refractivity contribution < 1.29 is 9.18 Å². The molecule has 2 N–H and O–H groups in total. The smallest absolute Gasteiger partial charge is 0.226 e. The van der Waals surface area contributed by atoms with Crippen molar-refractivity contribution in [2.75, 3.05) is 12.3 Å². The van der Waals surface area contributed by atoms with Crippen LogP contribution in [0.1, 0.15) is 56.7 Å². The molecule has 0 unspecified atom stereocenters. The Balaban J connectivity index is 1.72. The van der Waals surface area contributed by atoms with Gasteiger partial charge in [0.2, 0.25) is 11.9 Å². The maximum absolute atomic E-state index is 13.4. The second-order valence-corrected chi connectivity index (χ2v) is 7.56. The fraction of sp³-hybridized carbons (Fsp3) is 0.476. The zero-order valence-electron chi connectivity index (χ0n) is 15.4. The van der Waals surface area contributed by atoms with Gasteiger partial charge in [0, 0.05) is 24.2 Å². The van der Waals surface area contributed by atoms with Gasteiger partial charge in [-0.1, -0.05) is 25.0 Å². The highest BCUT2D eigenvalue weighted by Crippen LogP contribution is 2.38. The van der Waals surface area contributed by atoms with Crippen molar-refractivity contribution in [3.63, 3.8) is 0 Å². The van der Waals surface area contributed by atoms with E-state index in [4.69, 9.17) is 5.73 Å². The normalized spacial score (nSPS) is 20.8. The van der Waals surface area contributed by atoms with Crippen LogP contribution in [0, 0.1) is 11.7 Å². The van der Waals surface area contributed by atoms with Gasteiger partial charge in [-0.2, -0.15) is 0 Å². The van der Waals surface area contributed by atoms with Crippen LogP contribution in [0.2, 0.25) is 0 Å². The summed E-state index contributed by atoms with van der Waals surface area (Å²) in [7, 11) is 0. The molecule has 1 atom stereocenters. The average molecular weight is 368 g/mol. The van der Waals surface area contributed by atoms with Crippen LogP contribution in [0.25, 0.3) is 11.1 Å². The number of carbonyl (C=O) groups is 1. The summed E-state index contributed by atoms with van der Waals surface area (Å²) in [5.41, 5.74) is 8.33. The number of piperidine rings is 1. The maximum atomic E-state index is 13.4. The van der Waals surface area contributed by atoms with E-state index >= 15 is 0 Å². The largest absolute Gasteiger partial charge is 0.368 e. The van der Waals surface area contributed by atoms with Gasteiger partial charge >= 0.3 is 0 Å². The Morgan fingerprint density at radius 2 is 1.78 bits per heavy atom. The van der Waals surface area contributed by atoms with Gasteiger partial charge in [-0.05, 0) is 49.8 Å². The van der Waals surface area contributed by atoms with Crippen LogP contribution in [0.4, 0.5) is 10.3 Å². The predicted octanol–water partition coefficient (Wildman–Crippen LogP) is 4.11. The molecule has 0 bridgehead atoms. The van der Waals surface area contributed by atoms with E-state index in [1.165, 1.54) is 12.1 Å². The Kier molecular flexibility index (Phi) is 5.05. The quantitative estimate of drug-likeness (QED) is 0.885. The first-order valence-electron chi connectivity index (χ1n) is 9.82. The number of hydrogen-bond donors (Lipinski definition) is 1. The van der Waals surface area contributed by atoms with Crippen LogP contribution >= 0.6 is 0 Å². The molecular formula is C21H25FN4O. The number of halogens is 1. The average Bonchev–Trinajstić information content (AvgIpc) is 3.23. The highest BCUT2D eigenvalue weighted by Gasteiger charge is 2.35. The predicted molar refractivity (Wildman–Crippen MR) is 102 cm³/mol. The number of aromatic nitrogens is 2. The van der Waals surface area contributed by atoms with Crippen LogP contribution in [-0.4, -0.2) is 27.3 Å². The molecular weight excluding hydrogens is 343 g/mol. The highest BCUT2D eigenvalue weighted by atomic mass is 19.1. The Morgan fingerprint density at radius 1 is 1.07 bits per heavy atom. The van der Waals surface area contributed by atoms with Crippen molar-refractivity contribution in [1.82, 2.24) is 14.9 Å². The Morgan fingerprint density at radius 3 is 2.52 bits per heavy atom. The molecule has 1 saturated carbocycles. The highest BCUT2D eigenvalue weighted by molar-refractivity contribution is 5.80. The maximum Gasteiger partial charge on any atom is 0.226 e. The number of nitrogen functional groups attached to an aromatic ring is 1. The topological polar surface area (TPSA) is 72.1 Å². The fourth-order valence-corrected chi connectivity index (χ4v) is 4.40. The molecule has 6 heteroatoms. The minimum absolute atomic E-state index is 0.0998. The molecule has 0 spiro atoms. The van der Waals surface area contributed by atoms with Crippen LogP contribution in [-0.2, 0) is 4.79 Å². The van der Waals surface area contributed by atoms with Gasteiger partial charge in [0.05, 0.1) is 11.7 Å². The third-order valence-corrected chi connectivity index (χ3v) is 5.80. The lowest BCUT2D eigenvalue weighted by Gasteiger charge is -2.37. The Labute approximate surface area is 158 Å². The number of nitrogens with zero attached hydrogens (tertiary/aromatic N) is 3. The second-order valence-electron chi connectivity index (χ2n) is 7.56. The summed E-state index contributed by atoms with van der Waals surface area (Å²) in [6.07, 6.45) is 8.86. The molecule has 4 rings (SSSR count). The number of carbonyl (C=O) groups excluding carboxylic acids is 1. The van der Waals surface area contributed by atoms with Crippen LogP contribution in [0.5, 0.6) is 0 Å². The lowest BCUT2D eigenvalue weighted by molar-refractivity contribution is -0.139. The Hall–Kier alpha value is -2.50. The summed E-state index contributed by atoms with van der Waals surface area (Å²) in [5.74, 6) is 0.306. The van der Waals surface area contributed by atoms with Gasteiger partial charge < -0.3 is 10.6 Å². The molecule has 1 aliphatic carbocycles. The van der Waals surface area contributed by atoms with E-state index in [-0.39, 0.29) is 29.6 Å². The van der Waals surface area contributed by atoms with E-state index in [1.54, 1.807) is 18.3 Å². The monoisotopic (exact) mass is 368 g/mol. The summed E-state index contributed by atoms with van der Waals surface area (Å²) in [6, 6.07) is 6.20. The summed E-state index contributed by atoms with van der Waals surface area (Å²) in [6.45, 7) is 0.757. The number of rotatable bonds is 3. The van der Waals surface area contributed by atoms with Crippen molar-refractivity contribution in [2.24, 2.45) is 5.92 Å². The zero-order valence-corrected chi connectivity index (χ0v) is 15.4. The number of anilines is 1. The van der Waals surface area contributed by atoms with Gasteiger partial charge in [0.15, 0.2) is 0 Å². The zero-order chi connectivity index (χ0) is 18.8. The van der Waals surface area contributed by atoms with Crippen LogP contribution in [0.3, 0.4) is 0 Å². The fourth-order valence-electron chi connectivity index (χ4n) is 4.40. The standard InChI is InChI=1S/C21H25FN4O/c22-16-10-8-14(9-11-16)17-13-24-21(23)25-19(17)18-7-3-4-12-26(18)20(27)15-5-1-2-6-15/h8-11,13,15,18H,1-7,12H2,(H2,23,24,25)/t18-/m1/s1. The van der Waals surface area contributed by atoms with Crippen molar-refractivity contribution in [1.29, 1.82) is 0 Å². The molecule has 0 radical (unpaired) electrons. The van der Waals surface area contributed by atoms with E-state index in [2.05, 4.69) is 9.97 Å². The summed E-state index contributed by atoms with van der Waals surface area (Å²) >= 11 is 0. The van der Waals surface area contributed by atoms with E-state index in [0.29, 0.717) is 0 Å². The SMILES string of the molecule is Nc1ncc(-c2ccc(F)cc2)c([C@H]2CCCCN2C(=O)C2CCCC2)n1. The van der Waals surface area contributed by atoms with E-state index in [9.17, 15) is 9.18 Å². The van der Waals surface area contributed by atoms with Gasteiger partial charge in [-0.3, -0.25) is 4.79 Å². The first kappa shape index (κ1) is 17.9. The van der Waals surface area contributed by atoms with Gasteiger partial charge in [0.1, 0.15) is 5.82 Å². The molecule has 5 nitrogen and oxygen atoms in total. The number of nitrogens with two attached hydrogens (primary N) is 1. The lowest BCUT2D eigenvalue weighted by Crippen LogP contribution is -2.42. The second kappa shape index (κ2) is 7.62. The van der Waals surface area contributed by atoms with E-state index in [1.807, 2.05) is 4.90 Å². The molecule has 2 aliphatic rings. The van der Waals surface area contributed by atoms with Gasteiger partial charge in [-0.15, -0.1) is 0 Å². The molecule has 1 aliphatic heterocycles. The summed E-state index contributed by atoms with van der Waals surface area (Å²) in [4.78, 5) is 23.9. The van der Waals surface area contributed by atoms with Crippen LogP contribution in [0.15, 0.2) is 30.5 Å². The van der Waals surface area contributed by atoms with Gasteiger partial charge in [-0.25, -0.2) is 14.4 Å². The van der Waals surface area contributed by atoms with E-state index in [0.717, 1.165) is 68.3 Å².